The van der Waals surface area contributed by atoms with Crippen LogP contribution in [0.15, 0.2) is 29.8 Å². The molecule has 4 rings (SSSR count). The summed E-state index contributed by atoms with van der Waals surface area (Å²) in [5, 5.41) is 11.4. The van der Waals surface area contributed by atoms with E-state index in [0.29, 0.717) is 0 Å². The van der Waals surface area contributed by atoms with E-state index in [1.54, 1.807) is 0 Å². The van der Waals surface area contributed by atoms with Gasteiger partial charge in [0.15, 0.2) is 11.6 Å². The molecule has 5 heteroatoms. The number of aromatic nitrogens is 2. The lowest BCUT2D eigenvalue weighted by molar-refractivity contribution is -0.124. The number of ketones is 1. The third kappa shape index (κ3) is 3.66. The first-order chi connectivity index (χ1) is 14.8. The molecule has 1 aliphatic carbocycles. The number of aromatic amines is 1. The number of Topliss-reactive ketones (excluding diaryl/α,β-unsaturated/α-hetero) is 1. The van der Waals surface area contributed by atoms with Crippen molar-refractivity contribution in [3.05, 3.63) is 46.7 Å². The Morgan fingerprint density at radius 1 is 0.938 bits per heavy atom. The van der Waals surface area contributed by atoms with E-state index in [1.165, 1.54) is 5.57 Å². The Labute approximate surface area is 192 Å². The molecule has 5 nitrogen and oxygen atoms in total. The van der Waals surface area contributed by atoms with Gasteiger partial charge in [-0.3, -0.25) is 9.89 Å². The van der Waals surface area contributed by atoms with Crippen LogP contribution in [0.25, 0.3) is 5.57 Å². The highest BCUT2D eigenvalue weighted by Crippen LogP contribution is 2.56. The second-order valence-electron chi connectivity index (χ2n) is 11.9. The lowest BCUT2D eigenvalue weighted by Crippen LogP contribution is -2.43. The highest BCUT2D eigenvalue weighted by atomic mass is 16.1. The van der Waals surface area contributed by atoms with Gasteiger partial charge in [0.1, 0.15) is 0 Å². The predicted molar refractivity (Wildman–Crippen MR) is 133 cm³/mol. The van der Waals surface area contributed by atoms with Gasteiger partial charge in [-0.1, -0.05) is 53.7 Å². The number of benzene rings is 1. The number of nitrogens with one attached hydrogen (secondary N) is 2. The number of fused-ring (bicyclic) bond motifs is 2. The lowest BCUT2D eigenvalue weighted by atomic mass is 9.58. The van der Waals surface area contributed by atoms with Gasteiger partial charge in [0.25, 0.3) is 0 Å². The van der Waals surface area contributed by atoms with E-state index in [1.807, 2.05) is 14.1 Å². The van der Waals surface area contributed by atoms with Crippen LogP contribution < -0.4 is 10.2 Å². The van der Waals surface area contributed by atoms with Crippen molar-refractivity contribution in [2.45, 2.75) is 60.9 Å². The number of anilines is 2. The smallest absolute Gasteiger partial charge is 0.165 e. The highest BCUT2D eigenvalue weighted by molar-refractivity contribution is 6.10. The third-order valence-corrected chi connectivity index (χ3v) is 7.31. The zero-order valence-electron chi connectivity index (χ0n) is 21.1. The fraction of sp³-hybridized carbons (Fsp3) is 0.556. The molecule has 2 aromatic rings. The summed E-state index contributed by atoms with van der Waals surface area (Å²) >= 11 is 0. The van der Waals surface area contributed by atoms with Crippen LogP contribution in [0.3, 0.4) is 0 Å². The van der Waals surface area contributed by atoms with Gasteiger partial charge < -0.3 is 10.2 Å². The maximum absolute atomic E-state index is 14.1. The Balaban J connectivity index is 1.97. The molecule has 0 unspecified atom stereocenters. The quantitative estimate of drug-likeness (QED) is 0.608. The molecule has 2 N–H and O–H groups in total. The fourth-order valence-corrected chi connectivity index (χ4v) is 5.40. The minimum atomic E-state index is -0.195. The van der Waals surface area contributed by atoms with E-state index >= 15 is 0 Å². The van der Waals surface area contributed by atoms with Gasteiger partial charge in [0.05, 0.1) is 6.04 Å². The molecule has 3 atom stereocenters. The molecule has 0 saturated carbocycles. The zero-order valence-corrected chi connectivity index (χ0v) is 21.1. The van der Waals surface area contributed by atoms with Crippen molar-refractivity contribution in [3.63, 3.8) is 0 Å². The molecular formula is C27H38N4O. The van der Waals surface area contributed by atoms with Gasteiger partial charge in [0, 0.05) is 42.5 Å². The number of carbonyl (C=O) groups excluding carboxylic acids is 1. The molecule has 1 aromatic carbocycles. The van der Waals surface area contributed by atoms with Gasteiger partial charge in [-0.25, -0.2) is 0 Å². The molecule has 0 amide bonds. The Morgan fingerprint density at radius 2 is 1.53 bits per heavy atom. The van der Waals surface area contributed by atoms with Crippen molar-refractivity contribution >= 4 is 22.9 Å². The number of aryl methyl sites for hydroxylation is 1. The summed E-state index contributed by atoms with van der Waals surface area (Å²) in [6, 6.07) is 8.33. The van der Waals surface area contributed by atoms with Gasteiger partial charge in [-0.2, -0.15) is 5.10 Å². The summed E-state index contributed by atoms with van der Waals surface area (Å²) in [5.74, 6) is 1.41. The number of nitrogens with zero attached hydrogens (tertiary/aromatic N) is 2. The number of H-pyrrole nitrogens is 1. The molecule has 2 aliphatic rings. The summed E-state index contributed by atoms with van der Waals surface area (Å²) in [4.78, 5) is 16.2. The van der Waals surface area contributed by atoms with Crippen LogP contribution in [0.2, 0.25) is 0 Å². The van der Waals surface area contributed by atoms with Crippen LogP contribution in [-0.4, -0.2) is 30.1 Å². The maximum atomic E-state index is 14.1. The molecule has 1 aliphatic heterocycles. The van der Waals surface area contributed by atoms with Crippen LogP contribution in [0.4, 0.5) is 11.5 Å². The van der Waals surface area contributed by atoms with Gasteiger partial charge in [0.2, 0.25) is 0 Å². The average Bonchev–Trinajstić information content (AvgIpc) is 3.06. The maximum Gasteiger partial charge on any atom is 0.165 e. The third-order valence-electron chi connectivity index (χ3n) is 7.31. The van der Waals surface area contributed by atoms with Gasteiger partial charge in [-0.15, -0.1) is 0 Å². The van der Waals surface area contributed by atoms with Crippen molar-refractivity contribution in [2.24, 2.45) is 22.7 Å². The second kappa shape index (κ2) is 7.50. The first-order valence-corrected chi connectivity index (χ1v) is 11.7. The van der Waals surface area contributed by atoms with E-state index in [-0.39, 0.29) is 34.5 Å². The summed E-state index contributed by atoms with van der Waals surface area (Å²) in [7, 11) is 4.08. The molecule has 0 saturated heterocycles. The number of rotatable bonds is 2. The van der Waals surface area contributed by atoms with Crippen molar-refractivity contribution in [3.8, 4) is 0 Å². The second-order valence-corrected chi connectivity index (χ2v) is 11.9. The van der Waals surface area contributed by atoms with Gasteiger partial charge >= 0.3 is 0 Å². The topological polar surface area (TPSA) is 61.0 Å². The van der Waals surface area contributed by atoms with E-state index in [0.717, 1.165) is 40.3 Å². The summed E-state index contributed by atoms with van der Waals surface area (Å²) in [5.41, 5.74) is 6.44. The minimum absolute atomic E-state index is 0.00965. The standard InChI is InChI=1S/C27H38N4O/c1-15-20-21-18(26(2,3)4)14-19(27(5,6)7)24(32)22(21)23(28-25(20)30-29-15)16-10-12-17(13-11-16)31(8)9/h10-13,18-19,23H,14H2,1-9H3,(H2,28,29,30)/t18-,19-,23-/m1/s1. The van der Waals surface area contributed by atoms with Gasteiger partial charge in [-0.05, 0) is 53.4 Å². The van der Waals surface area contributed by atoms with Crippen molar-refractivity contribution in [1.29, 1.82) is 0 Å². The van der Waals surface area contributed by atoms with E-state index in [4.69, 9.17) is 0 Å². The lowest BCUT2D eigenvalue weighted by Gasteiger charge is -2.47. The molecule has 0 radical (unpaired) electrons. The van der Waals surface area contributed by atoms with Crippen LogP contribution in [0.5, 0.6) is 0 Å². The van der Waals surface area contributed by atoms with Crippen LogP contribution in [0, 0.1) is 29.6 Å². The highest BCUT2D eigenvalue weighted by Gasteiger charge is 2.49. The van der Waals surface area contributed by atoms with E-state index < -0.39 is 0 Å². The molecule has 1 aromatic heterocycles. The Bertz CT molecular complexity index is 1060. The van der Waals surface area contributed by atoms with Crippen LogP contribution in [-0.2, 0) is 4.79 Å². The SMILES string of the molecule is Cc1[nH]nc2c1C1=C(C(=O)[C@H](C(C)(C)C)C[C@H]1C(C)(C)C)[C@@H](c1ccc(N(C)C)cc1)N2. The van der Waals surface area contributed by atoms with Crippen LogP contribution >= 0.6 is 0 Å². The first-order valence-electron chi connectivity index (χ1n) is 11.7. The average molecular weight is 435 g/mol. The zero-order chi connectivity index (χ0) is 23.6. The van der Waals surface area contributed by atoms with E-state index in [2.05, 4.69) is 93.1 Å². The molecule has 32 heavy (non-hydrogen) atoms. The monoisotopic (exact) mass is 434 g/mol. The first kappa shape index (κ1) is 22.6. The number of hydrogen-bond acceptors (Lipinski definition) is 4. The molecule has 0 bridgehead atoms. The summed E-state index contributed by atoms with van der Waals surface area (Å²) in [6.45, 7) is 15.6. The van der Waals surface area contributed by atoms with Crippen molar-refractivity contribution < 1.29 is 4.79 Å². The molecule has 0 spiro atoms. The minimum Gasteiger partial charge on any atom is -0.378 e. The number of hydrogen-bond donors (Lipinski definition) is 2. The Morgan fingerprint density at radius 3 is 2.06 bits per heavy atom. The van der Waals surface area contributed by atoms with Crippen molar-refractivity contribution in [2.75, 3.05) is 24.3 Å². The Hall–Kier alpha value is -2.56. The Kier molecular flexibility index (Phi) is 5.30. The molecule has 172 valence electrons. The molecule has 0 fully saturated rings. The fourth-order valence-electron chi connectivity index (χ4n) is 5.40. The van der Waals surface area contributed by atoms with Crippen LogP contribution in [0.1, 0.15) is 70.8 Å². The molecule has 2 heterocycles. The number of carbonyl (C=O) groups is 1. The normalized spacial score (nSPS) is 23.5. The summed E-state index contributed by atoms with van der Waals surface area (Å²) < 4.78 is 0. The largest absolute Gasteiger partial charge is 0.378 e. The predicted octanol–water partition coefficient (Wildman–Crippen LogP) is 6.00. The van der Waals surface area contributed by atoms with Crippen molar-refractivity contribution in [1.82, 2.24) is 10.2 Å². The summed E-state index contributed by atoms with van der Waals surface area (Å²) in [6.07, 6.45) is 0.876. The van der Waals surface area contributed by atoms with E-state index in [9.17, 15) is 4.79 Å². The number of allylic oxidation sites excluding steroid dienone is 1. The molecular weight excluding hydrogens is 396 g/mol.